The summed E-state index contributed by atoms with van der Waals surface area (Å²) in [6, 6.07) is 7.66. The second kappa shape index (κ2) is 8.01. The number of likely N-dealkylation sites (N-methyl/N-ethyl adjacent to an activating group) is 1. The van der Waals surface area contributed by atoms with Crippen LogP contribution in [0.2, 0.25) is 10.0 Å². The number of hydrogen-bond acceptors (Lipinski definition) is 5. The number of pyridine rings is 1. The fraction of sp³-hybridized carbons (Fsp3) is 0.292. The molecule has 0 radical (unpaired) electrons. The molecular weight excluding hydrogens is 473 g/mol. The number of nitrogens with zero attached hydrogens (tertiary/aromatic N) is 6. The van der Waals surface area contributed by atoms with E-state index in [0.717, 1.165) is 47.5 Å². The number of para-hydroxylation sites is 1. The summed E-state index contributed by atoms with van der Waals surface area (Å²) in [7, 11) is 4.08. The molecule has 1 atom stereocenters. The summed E-state index contributed by atoms with van der Waals surface area (Å²) < 4.78 is 2.05. The lowest BCUT2D eigenvalue weighted by Crippen LogP contribution is -2.45. The first-order valence-corrected chi connectivity index (χ1v) is 11.9. The molecule has 2 aliphatic rings. The fourth-order valence-electron chi connectivity index (χ4n) is 5.00. The Morgan fingerprint density at radius 1 is 1.12 bits per heavy atom. The SMILES string of the molecule is CN1CCC(n2cc(-c3cc4c5c(cnc4[nH]3)C(=O)N(c3c(Cl)cccc3Cl)CN5C)cn2)C1. The van der Waals surface area contributed by atoms with Gasteiger partial charge in [-0.3, -0.25) is 14.4 Å². The Hall–Kier alpha value is -3.07. The molecule has 1 amide bonds. The summed E-state index contributed by atoms with van der Waals surface area (Å²) in [6.45, 7) is 2.41. The first-order valence-electron chi connectivity index (χ1n) is 11.1. The summed E-state index contributed by atoms with van der Waals surface area (Å²) in [5.41, 5.74) is 4.50. The van der Waals surface area contributed by atoms with Crippen molar-refractivity contribution >= 4 is 51.5 Å². The van der Waals surface area contributed by atoms with Crippen molar-refractivity contribution in [2.75, 3.05) is 43.7 Å². The smallest absolute Gasteiger partial charge is 0.263 e. The van der Waals surface area contributed by atoms with Gasteiger partial charge in [0.25, 0.3) is 5.91 Å². The number of halogens is 2. The molecule has 0 spiro atoms. The van der Waals surface area contributed by atoms with E-state index in [4.69, 9.17) is 23.2 Å². The first kappa shape index (κ1) is 21.5. The third-order valence-corrected chi connectivity index (χ3v) is 7.31. The quantitative estimate of drug-likeness (QED) is 0.447. The van der Waals surface area contributed by atoms with Crippen LogP contribution in [0.15, 0.2) is 42.9 Å². The number of carbonyl (C=O) groups excluding carboxylic acids is 1. The molecule has 1 unspecified atom stereocenters. The Morgan fingerprint density at radius 2 is 1.91 bits per heavy atom. The van der Waals surface area contributed by atoms with Crippen LogP contribution in [0.4, 0.5) is 11.4 Å². The molecule has 0 saturated carbocycles. The number of H-pyrrole nitrogens is 1. The van der Waals surface area contributed by atoms with Gasteiger partial charge >= 0.3 is 0 Å². The molecule has 1 N–H and O–H groups in total. The minimum atomic E-state index is -0.182. The molecule has 8 nitrogen and oxygen atoms in total. The number of likely N-dealkylation sites (tertiary alicyclic amines) is 1. The topological polar surface area (TPSA) is 73.3 Å². The van der Waals surface area contributed by atoms with Crippen LogP contribution in [0.3, 0.4) is 0 Å². The highest BCUT2D eigenvalue weighted by Gasteiger charge is 2.33. The molecule has 0 aliphatic carbocycles. The van der Waals surface area contributed by atoms with Gasteiger partial charge in [-0.15, -0.1) is 0 Å². The molecule has 3 aromatic heterocycles. The fourth-order valence-corrected chi connectivity index (χ4v) is 5.60. The second-order valence-electron chi connectivity index (χ2n) is 9.02. The molecule has 4 aromatic rings. The van der Waals surface area contributed by atoms with Crippen LogP contribution in [-0.4, -0.2) is 64.4 Å². The normalized spacial score (nSPS) is 18.8. The van der Waals surface area contributed by atoms with Crippen LogP contribution < -0.4 is 9.80 Å². The van der Waals surface area contributed by atoms with Gasteiger partial charge in [0.15, 0.2) is 0 Å². The van der Waals surface area contributed by atoms with Crippen molar-refractivity contribution in [3.8, 4) is 11.3 Å². The van der Waals surface area contributed by atoms with Gasteiger partial charge in [-0.05, 0) is 38.2 Å². The van der Waals surface area contributed by atoms with Gasteiger partial charge in [-0.2, -0.15) is 5.10 Å². The van der Waals surface area contributed by atoms with E-state index in [2.05, 4.69) is 33.2 Å². The molecule has 1 aromatic carbocycles. The molecule has 1 fully saturated rings. The van der Waals surface area contributed by atoms with Crippen LogP contribution in [0.25, 0.3) is 22.3 Å². The van der Waals surface area contributed by atoms with E-state index >= 15 is 0 Å². The molecule has 5 heterocycles. The van der Waals surface area contributed by atoms with Crippen molar-refractivity contribution < 1.29 is 4.79 Å². The molecule has 174 valence electrons. The van der Waals surface area contributed by atoms with E-state index in [1.807, 2.05) is 28.9 Å². The monoisotopic (exact) mass is 495 g/mol. The standard InChI is InChI=1S/C24H23Cl2N7O/c1-30-7-6-15(12-30)33-11-14(9-28-33)20-8-16-21-17(10-27-23(16)29-20)24(34)32(13-31(21)2)22-18(25)4-3-5-19(22)26/h3-5,8-11,15H,6-7,12-13H2,1-2H3,(H,27,29). The average molecular weight is 496 g/mol. The van der Waals surface area contributed by atoms with Crippen molar-refractivity contribution in [2.45, 2.75) is 12.5 Å². The molecule has 34 heavy (non-hydrogen) atoms. The zero-order valence-corrected chi connectivity index (χ0v) is 20.3. The Kier molecular flexibility index (Phi) is 5.05. The van der Waals surface area contributed by atoms with E-state index in [1.54, 1.807) is 29.3 Å². The van der Waals surface area contributed by atoms with Crippen LogP contribution in [0.1, 0.15) is 22.8 Å². The number of nitrogens with one attached hydrogen (secondary N) is 1. The van der Waals surface area contributed by atoms with Crippen molar-refractivity contribution in [3.05, 3.63) is 58.5 Å². The number of aromatic nitrogens is 4. The van der Waals surface area contributed by atoms with Gasteiger partial charge in [-0.1, -0.05) is 29.3 Å². The second-order valence-corrected chi connectivity index (χ2v) is 9.84. The van der Waals surface area contributed by atoms with Crippen LogP contribution >= 0.6 is 23.2 Å². The molecule has 2 aliphatic heterocycles. The van der Waals surface area contributed by atoms with Crippen LogP contribution in [0, 0.1) is 0 Å². The summed E-state index contributed by atoms with van der Waals surface area (Å²) in [5, 5.41) is 6.36. The van der Waals surface area contributed by atoms with Gasteiger partial charge < -0.3 is 14.8 Å². The highest BCUT2D eigenvalue weighted by Crippen LogP contribution is 2.40. The number of benzene rings is 1. The van der Waals surface area contributed by atoms with Crippen molar-refractivity contribution in [1.29, 1.82) is 0 Å². The minimum Gasteiger partial charge on any atom is -0.355 e. The highest BCUT2D eigenvalue weighted by atomic mass is 35.5. The molecule has 10 heteroatoms. The summed E-state index contributed by atoms with van der Waals surface area (Å²) in [5.74, 6) is -0.182. The van der Waals surface area contributed by atoms with Crippen LogP contribution in [0.5, 0.6) is 0 Å². The Balaban J connectivity index is 1.38. The molecule has 1 saturated heterocycles. The maximum absolute atomic E-state index is 13.5. The van der Waals surface area contributed by atoms with E-state index < -0.39 is 0 Å². The van der Waals surface area contributed by atoms with E-state index in [0.29, 0.717) is 34.0 Å². The van der Waals surface area contributed by atoms with Crippen molar-refractivity contribution in [2.24, 2.45) is 0 Å². The number of anilines is 2. The van der Waals surface area contributed by atoms with Gasteiger partial charge in [0.05, 0.1) is 51.6 Å². The van der Waals surface area contributed by atoms with Gasteiger partial charge in [0.1, 0.15) is 5.65 Å². The first-order chi connectivity index (χ1) is 16.4. The average Bonchev–Trinajstić information content (AvgIpc) is 3.55. The van der Waals surface area contributed by atoms with E-state index in [9.17, 15) is 4.79 Å². The zero-order valence-electron chi connectivity index (χ0n) is 18.8. The number of fused-ring (bicyclic) bond motifs is 3. The minimum absolute atomic E-state index is 0.182. The lowest BCUT2D eigenvalue weighted by Gasteiger charge is -2.36. The zero-order chi connectivity index (χ0) is 23.6. The molecule has 0 bridgehead atoms. The Labute approximate surface area is 206 Å². The number of aromatic amines is 1. The molecular formula is C24H23Cl2N7O. The number of amides is 1. The third kappa shape index (κ3) is 3.36. The summed E-state index contributed by atoms with van der Waals surface area (Å²) >= 11 is 12.8. The van der Waals surface area contributed by atoms with E-state index in [-0.39, 0.29) is 5.91 Å². The largest absolute Gasteiger partial charge is 0.355 e. The lowest BCUT2D eigenvalue weighted by molar-refractivity contribution is 0.0982. The maximum Gasteiger partial charge on any atom is 0.263 e. The van der Waals surface area contributed by atoms with Gasteiger partial charge in [0, 0.05) is 36.9 Å². The lowest BCUT2D eigenvalue weighted by atomic mass is 10.1. The Bertz CT molecular complexity index is 1410. The number of hydrogen-bond donors (Lipinski definition) is 1. The highest BCUT2D eigenvalue weighted by molar-refractivity contribution is 6.40. The third-order valence-electron chi connectivity index (χ3n) is 6.70. The number of rotatable bonds is 3. The summed E-state index contributed by atoms with van der Waals surface area (Å²) in [4.78, 5) is 27.4. The number of carbonyl (C=O) groups is 1. The van der Waals surface area contributed by atoms with Crippen molar-refractivity contribution in [3.63, 3.8) is 0 Å². The maximum atomic E-state index is 13.5. The van der Waals surface area contributed by atoms with Crippen molar-refractivity contribution in [1.82, 2.24) is 24.6 Å². The predicted octanol–water partition coefficient (Wildman–Crippen LogP) is 4.66. The van der Waals surface area contributed by atoms with Crippen LogP contribution in [-0.2, 0) is 0 Å². The summed E-state index contributed by atoms with van der Waals surface area (Å²) in [6.07, 6.45) is 6.67. The molecule has 6 rings (SSSR count). The van der Waals surface area contributed by atoms with Gasteiger partial charge in [-0.25, -0.2) is 4.98 Å². The predicted molar refractivity (Wildman–Crippen MR) is 135 cm³/mol. The van der Waals surface area contributed by atoms with Gasteiger partial charge in [0.2, 0.25) is 0 Å². The Morgan fingerprint density at radius 3 is 2.65 bits per heavy atom. The van der Waals surface area contributed by atoms with E-state index in [1.165, 1.54) is 0 Å².